The van der Waals surface area contributed by atoms with Crippen LogP contribution < -0.4 is 16.0 Å². The summed E-state index contributed by atoms with van der Waals surface area (Å²) in [4.78, 5) is 20.5. The van der Waals surface area contributed by atoms with Crippen molar-refractivity contribution in [1.82, 2.24) is 14.5 Å². The largest absolute Gasteiger partial charge is 0.362 e. The van der Waals surface area contributed by atoms with Gasteiger partial charge in [0.15, 0.2) is 11.6 Å². The van der Waals surface area contributed by atoms with Gasteiger partial charge in [0.2, 0.25) is 5.91 Å². The maximum absolute atomic E-state index is 12.0. The first kappa shape index (κ1) is 16.1. The van der Waals surface area contributed by atoms with E-state index in [1.807, 2.05) is 30.6 Å². The van der Waals surface area contributed by atoms with Gasteiger partial charge >= 0.3 is 0 Å². The smallest absolute Gasteiger partial charge is 0.246 e. The quantitative estimate of drug-likeness (QED) is 0.674. The molecule has 0 radical (unpaired) electrons. The van der Waals surface area contributed by atoms with Crippen molar-refractivity contribution >= 4 is 23.2 Å². The summed E-state index contributed by atoms with van der Waals surface area (Å²) in [7, 11) is 0. The minimum Gasteiger partial charge on any atom is -0.362 e. The number of benzene rings is 1. The number of rotatable bonds is 4. The fraction of sp³-hybridized carbons (Fsp3) is 0.211. The lowest BCUT2D eigenvalue weighted by Crippen LogP contribution is -2.37. The van der Waals surface area contributed by atoms with Gasteiger partial charge in [-0.3, -0.25) is 4.79 Å². The van der Waals surface area contributed by atoms with Gasteiger partial charge in [0.25, 0.3) is 0 Å². The molecule has 7 heteroatoms. The second kappa shape index (κ2) is 6.51. The van der Waals surface area contributed by atoms with E-state index in [0.717, 1.165) is 11.3 Å². The molecule has 0 bridgehead atoms. The lowest BCUT2D eigenvalue weighted by molar-refractivity contribution is -0.116. The van der Waals surface area contributed by atoms with Gasteiger partial charge < -0.3 is 20.5 Å². The van der Waals surface area contributed by atoms with Crippen LogP contribution in [0, 0.1) is 0 Å². The minimum atomic E-state index is -0.319. The van der Waals surface area contributed by atoms with Crippen molar-refractivity contribution in [3.8, 4) is 5.69 Å². The Balaban J connectivity index is 1.60. The van der Waals surface area contributed by atoms with Crippen LogP contribution in [-0.4, -0.2) is 26.5 Å². The topological polar surface area (TPSA) is 83.9 Å². The van der Waals surface area contributed by atoms with Crippen molar-refractivity contribution in [1.29, 1.82) is 0 Å². The van der Waals surface area contributed by atoms with Crippen LogP contribution in [0.1, 0.15) is 25.5 Å². The van der Waals surface area contributed by atoms with Crippen LogP contribution in [0.5, 0.6) is 0 Å². The van der Waals surface area contributed by atoms with Crippen molar-refractivity contribution in [2.24, 2.45) is 0 Å². The molecule has 1 aromatic carbocycles. The number of amides is 1. The number of carbonyl (C=O) groups is 1. The Hall–Kier alpha value is -3.35. The van der Waals surface area contributed by atoms with Crippen LogP contribution in [0.3, 0.4) is 0 Å². The molecule has 26 heavy (non-hydrogen) atoms. The van der Waals surface area contributed by atoms with Gasteiger partial charge in [0.1, 0.15) is 18.1 Å². The number of fused-ring (bicyclic) bond motifs is 1. The van der Waals surface area contributed by atoms with Crippen LogP contribution in [0.25, 0.3) is 5.69 Å². The molecule has 3 N–H and O–H groups in total. The van der Waals surface area contributed by atoms with Crippen LogP contribution in [0.4, 0.5) is 17.3 Å². The second-order valence-electron chi connectivity index (χ2n) is 6.35. The van der Waals surface area contributed by atoms with Gasteiger partial charge in [-0.25, -0.2) is 9.97 Å². The standard InChI is InChI=1S/C19H20N6O/c1-12(14-6-5-7-15(10-14)25-8-3-4-9-25)22-17-16-18(21-11-20-17)23-13(2)19(26)24-16/h3-13H,1-2H3,(H,24,26)(H2,20,21,22,23). The highest BCUT2D eigenvalue weighted by Gasteiger charge is 2.25. The average Bonchev–Trinajstić information content (AvgIpc) is 3.18. The van der Waals surface area contributed by atoms with E-state index in [1.54, 1.807) is 6.92 Å². The maximum atomic E-state index is 12.0. The van der Waals surface area contributed by atoms with E-state index in [0.29, 0.717) is 17.3 Å². The fourth-order valence-corrected chi connectivity index (χ4v) is 2.97. The Kier molecular flexibility index (Phi) is 4.04. The molecule has 7 nitrogen and oxygen atoms in total. The fourth-order valence-electron chi connectivity index (χ4n) is 2.97. The highest BCUT2D eigenvalue weighted by molar-refractivity contribution is 6.04. The summed E-state index contributed by atoms with van der Waals surface area (Å²) < 4.78 is 2.06. The number of nitrogens with one attached hydrogen (secondary N) is 3. The number of aromatic nitrogens is 3. The highest BCUT2D eigenvalue weighted by Crippen LogP contribution is 2.32. The molecular formula is C19H20N6O. The van der Waals surface area contributed by atoms with Crippen molar-refractivity contribution in [2.75, 3.05) is 16.0 Å². The van der Waals surface area contributed by atoms with E-state index in [2.05, 4.69) is 55.6 Å². The Morgan fingerprint density at radius 3 is 2.81 bits per heavy atom. The highest BCUT2D eigenvalue weighted by atomic mass is 16.2. The van der Waals surface area contributed by atoms with E-state index < -0.39 is 0 Å². The average molecular weight is 348 g/mol. The molecule has 2 unspecified atom stereocenters. The zero-order valence-electron chi connectivity index (χ0n) is 14.6. The first-order chi connectivity index (χ1) is 12.6. The first-order valence-corrected chi connectivity index (χ1v) is 8.54. The molecule has 0 fully saturated rings. The van der Waals surface area contributed by atoms with Gasteiger partial charge in [-0.15, -0.1) is 0 Å². The van der Waals surface area contributed by atoms with Crippen molar-refractivity contribution in [3.63, 3.8) is 0 Å². The van der Waals surface area contributed by atoms with Crippen molar-refractivity contribution in [3.05, 3.63) is 60.7 Å². The molecule has 1 aliphatic rings. The summed E-state index contributed by atoms with van der Waals surface area (Å²) in [5.41, 5.74) is 2.80. The molecule has 2 aromatic heterocycles. The van der Waals surface area contributed by atoms with Crippen molar-refractivity contribution < 1.29 is 4.79 Å². The van der Waals surface area contributed by atoms with E-state index >= 15 is 0 Å². The summed E-state index contributed by atoms with van der Waals surface area (Å²) in [6.45, 7) is 3.85. The molecule has 4 rings (SSSR count). The third-order valence-electron chi connectivity index (χ3n) is 4.47. The molecule has 3 heterocycles. The monoisotopic (exact) mass is 348 g/mol. The molecule has 0 saturated heterocycles. The molecule has 0 saturated carbocycles. The van der Waals surface area contributed by atoms with Crippen LogP contribution >= 0.6 is 0 Å². The third kappa shape index (κ3) is 2.99. The third-order valence-corrected chi connectivity index (χ3v) is 4.47. The normalized spacial score (nSPS) is 17.0. The van der Waals surface area contributed by atoms with Crippen LogP contribution in [0.15, 0.2) is 55.1 Å². The predicted octanol–water partition coefficient (Wildman–Crippen LogP) is 3.19. The molecule has 1 aliphatic heterocycles. The number of anilines is 3. The number of carbonyl (C=O) groups excluding carboxylic acids is 1. The van der Waals surface area contributed by atoms with Gasteiger partial charge in [-0.1, -0.05) is 12.1 Å². The van der Waals surface area contributed by atoms with Gasteiger partial charge in [0, 0.05) is 18.1 Å². The van der Waals surface area contributed by atoms with Crippen molar-refractivity contribution in [2.45, 2.75) is 25.9 Å². The van der Waals surface area contributed by atoms with Gasteiger partial charge in [-0.2, -0.15) is 0 Å². The van der Waals surface area contributed by atoms with E-state index in [4.69, 9.17) is 0 Å². The number of hydrogen-bond donors (Lipinski definition) is 3. The molecular weight excluding hydrogens is 328 g/mol. The zero-order chi connectivity index (χ0) is 18.1. The summed E-state index contributed by atoms with van der Waals surface area (Å²) in [6.07, 6.45) is 5.52. The first-order valence-electron chi connectivity index (χ1n) is 8.54. The Bertz CT molecular complexity index is 937. The predicted molar refractivity (Wildman–Crippen MR) is 102 cm³/mol. The summed E-state index contributed by atoms with van der Waals surface area (Å²) in [5.74, 6) is 1.13. The molecule has 3 aromatic rings. The van der Waals surface area contributed by atoms with E-state index in [1.165, 1.54) is 6.33 Å². The summed E-state index contributed by atoms with van der Waals surface area (Å²) in [5, 5.41) is 9.34. The zero-order valence-corrected chi connectivity index (χ0v) is 14.6. The lowest BCUT2D eigenvalue weighted by atomic mass is 10.1. The molecule has 132 valence electrons. The van der Waals surface area contributed by atoms with Gasteiger partial charge in [0.05, 0.1) is 6.04 Å². The van der Waals surface area contributed by atoms with Gasteiger partial charge in [-0.05, 0) is 43.7 Å². The Morgan fingerprint density at radius 2 is 2.00 bits per heavy atom. The summed E-state index contributed by atoms with van der Waals surface area (Å²) >= 11 is 0. The molecule has 1 amide bonds. The molecule has 0 aliphatic carbocycles. The summed E-state index contributed by atoms with van der Waals surface area (Å²) in [6, 6.07) is 12.0. The molecule has 0 spiro atoms. The Morgan fingerprint density at radius 1 is 1.19 bits per heavy atom. The SMILES string of the molecule is CC1Nc2ncnc(NC(C)c3cccc(-n4cccc4)c3)c2NC1=O. The maximum Gasteiger partial charge on any atom is 0.246 e. The van der Waals surface area contributed by atoms with E-state index in [9.17, 15) is 4.79 Å². The molecule has 2 atom stereocenters. The van der Waals surface area contributed by atoms with Crippen LogP contribution in [-0.2, 0) is 4.79 Å². The second-order valence-corrected chi connectivity index (χ2v) is 6.35. The minimum absolute atomic E-state index is 0.000708. The number of hydrogen-bond acceptors (Lipinski definition) is 5. The number of nitrogens with zero attached hydrogens (tertiary/aromatic N) is 3. The van der Waals surface area contributed by atoms with E-state index in [-0.39, 0.29) is 18.0 Å². The van der Waals surface area contributed by atoms with Crippen LogP contribution in [0.2, 0.25) is 0 Å². The Labute approximate surface area is 151 Å². The lowest BCUT2D eigenvalue weighted by Gasteiger charge is -2.26.